The third kappa shape index (κ3) is 6.33. The van der Waals surface area contributed by atoms with Crippen molar-refractivity contribution in [3.8, 4) is 0 Å². The van der Waals surface area contributed by atoms with Gasteiger partial charge in [0.05, 0.1) is 35.1 Å². The van der Waals surface area contributed by atoms with Crippen LogP contribution < -0.4 is 0 Å². The molecule has 0 spiro atoms. The Morgan fingerprint density at radius 3 is 2.38 bits per heavy atom. The molecule has 11 heteroatoms. The highest BCUT2D eigenvalue weighted by molar-refractivity contribution is 5.94. The molecule has 1 amide bonds. The van der Waals surface area contributed by atoms with E-state index in [0.717, 1.165) is 0 Å². The van der Waals surface area contributed by atoms with Gasteiger partial charge in [-0.25, -0.2) is 9.59 Å². The van der Waals surface area contributed by atoms with Crippen LogP contribution in [0.25, 0.3) is 0 Å². The topological polar surface area (TPSA) is 142 Å². The average molecular weight is 517 g/mol. The number of hydrogen-bond acceptors (Lipinski definition) is 9. The fraction of sp³-hybridized carbons (Fsp3) is 0.538. The minimum absolute atomic E-state index is 0.0223. The zero-order valence-corrected chi connectivity index (χ0v) is 21.4. The first kappa shape index (κ1) is 27.8. The van der Waals surface area contributed by atoms with E-state index in [1.807, 2.05) is 0 Å². The number of esters is 2. The summed E-state index contributed by atoms with van der Waals surface area (Å²) in [4.78, 5) is 63.2. The SMILES string of the molecule is C=C[C@@H]1C[C@]1(CC(=O)[C@@H]1C[C@H](OC(=O)c2ccc([N+](=O)[O-])cc2)CN1C(=O)OC(C)(C)C)C(=O)OCC. The summed E-state index contributed by atoms with van der Waals surface area (Å²) >= 11 is 0. The summed E-state index contributed by atoms with van der Waals surface area (Å²) < 4.78 is 16.2. The maximum Gasteiger partial charge on any atom is 0.411 e. The largest absolute Gasteiger partial charge is 0.466 e. The zero-order chi connectivity index (χ0) is 27.5. The molecule has 1 saturated heterocycles. The van der Waals surface area contributed by atoms with Crippen molar-refractivity contribution in [2.45, 2.75) is 64.7 Å². The Morgan fingerprint density at radius 1 is 1.22 bits per heavy atom. The van der Waals surface area contributed by atoms with Crippen LogP contribution in [0.15, 0.2) is 36.9 Å². The molecule has 1 aromatic rings. The molecule has 3 rings (SSSR count). The van der Waals surface area contributed by atoms with Crippen LogP contribution in [-0.2, 0) is 23.8 Å². The molecular weight excluding hydrogens is 484 g/mol. The number of benzene rings is 1. The van der Waals surface area contributed by atoms with E-state index in [4.69, 9.17) is 14.2 Å². The molecule has 0 unspecified atom stereocenters. The monoisotopic (exact) mass is 516 g/mol. The fourth-order valence-corrected chi connectivity index (χ4v) is 4.51. The highest BCUT2D eigenvalue weighted by atomic mass is 16.6. The molecule has 1 aliphatic heterocycles. The Hall–Kier alpha value is -3.76. The number of ketones is 1. The molecule has 37 heavy (non-hydrogen) atoms. The lowest BCUT2D eigenvalue weighted by Gasteiger charge is -2.28. The van der Waals surface area contributed by atoms with Gasteiger partial charge in [0.15, 0.2) is 5.78 Å². The van der Waals surface area contributed by atoms with Crippen molar-refractivity contribution in [1.29, 1.82) is 0 Å². The van der Waals surface area contributed by atoms with Gasteiger partial charge in [-0.2, -0.15) is 0 Å². The van der Waals surface area contributed by atoms with Gasteiger partial charge in [-0.15, -0.1) is 6.58 Å². The number of ether oxygens (including phenoxy) is 3. The number of carbonyl (C=O) groups is 4. The Labute approximate surface area is 214 Å². The van der Waals surface area contributed by atoms with Crippen LogP contribution in [-0.4, -0.2) is 64.5 Å². The lowest BCUT2D eigenvalue weighted by atomic mass is 9.92. The molecule has 1 aliphatic carbocycles. The maximum atomic E-state index is 13.5. The first-order valence-electron chi connectivity index (χ1n) is 12.1. The zero-order valence-electron chi connectivity index (χ0n) is 21.4. The van der Waals surface area contributed by atoms with Crippen LogP contribution in [0.3, 0.4) is 0 Å². The van der Waals surface area contributed by atoms with Crippen molar-refractivity contribution in [2.24, 2.45) is 11.3 Å². The summed E-state index contributed by atoms with van der Waals surface area (Å²) in [6, 6.07) is 3.95. The number of hydrogen-bond donors (Lipinski definition) is 0. The van der Waals surface area contributed by atoms with Crippen molar-refractivity contribution in [3.05, 3.63) is 52.6 Å². The molecule has 0 radical (unpaired) electrons. The standard InChI is InChI=1S/C26H32N2O9/c1-6-17-13-26(17,23(31)35-7-2)14-21(29)20-12-19(15-27(20)24(32)37-25(3,4)5)36-22(30)16-8-10-18(11-9-16)28(33)34/h6,8-11,17,19-20H,1,7,12-15H2,2-5H3/t17-,19+,20+,26-/m1/s1. The highest BCUT2D eigenvalue weighted by Crippen LogP contribution is 2.57. The molecule has 2 aliphatic rings. The van der Waals surface area contributed by atoms with Crippen molar-refractivity contribution in [2.75, 3.05) is 13.2 Å². The number of nitrogens with zero attached hydrogens (tertiary/aromatic N) is 2. The van der Waals surface area contributed by atoms with E-state index in [9.17, 15) is 29.3 Å². The summed E-state index contributed by atoms with van der Waals surface area (Å²) in [6.07, 6.45) is 0.375. The molecular formula is C26H32N2O9. The molecule has 0 N–H and O–H groups in total. The summed E-state index contributed by atoms with van der Waals surface area (Å²) in [7, 11) is 0. The van der Waals surface area contributed by atoms with E-state index in [2.05, 4.69) is 6.58 Å². The average Bonchev–Trinajstić information content (AvgIpc) is 3.37. The van der Waals surface area contributed by atoms with Gasteiger partial charge in [0, 0.05) is 25.0 Å². The van der Waals surface area contributed by atoms with Crippen LogP contribution >= 0.6 is 0 Å². The maximum absolute atomic E-state index is 13.5. The lowest BCUT2D eigenvalue weighted by molar-refractivity contribution is -0.384. The predicted molar refractivity (Wildman–Crippen MR) is 131 cm³/mol. The van der Waals surface area contributed by atoms with Crippen molar-refractivity contribution in [3.63, 3.8) is 0 Å². The normalized spacial score (nSPS) is 24.6. The van der Waals surface area contributed by atoms with E-state index >= 15 is 0 Å². The van der Waals surface area contributed by atoms with Crippen LogP contribution in [0.4, 0.5) is 10.5 Å². The van der Waals surface area contributed by atoms with E-state index in [1.165, 1.54) is 29.2 Å². The first-order chi connectivity index (χ1) is 17.3. The fourth-order valence-electron chi connectivity index (χ4n) is 4.51. The van der Waals surface area contributed by atoms with Gasteiger partial charge in [0.1, 0.15) is 11.7 Å². The van der Waals surface area contributed by atoms with Crippen molar-refractivity contribution < 1.29 is 38.3 Å². The van der Waals surface area contributed by atoms with Crippen molar-refractivity contribution in [1.82, 2.24) is 4.90 Å². The smallest absolute Gasteiger partial charge is 0.411 e. The Balaban J connectivity index is 1.77. The van der Waals surface area contributed by atoms with Gasteiger partial charge in [-0.1, -0.05) is 6.08 Å². The number of rotatable bonds is 9. The number of Topliss-reactive ketones (excluding diaryl/α,β-unsaturated/α-hetero) is 1. The molecule has 200 valence electrons. The molecule has 0 aromatic heterocycles. The van der Waals surface area contributed by atoms with Crippen molar-refractivity contribution >= 4 is 29.5 Å². The van der Waals surface area contributed by atoms with E-state index in [0.29, 0.717) is 6.42 Å². The number of non-ortho nitro benzene ring substituents is 1. The second kappa shape index (κ2) is 10.7. The second-order valence-corrected chi connectivity index (χ2v) is 10.3. The third-order valence-corrected chi connectivity index (χ3v) is 6.44. The molecule has 2 fully saturated rings. The summed E-state index contributed by atoms with van der Waals surface area (Å²) in [5, 5.41) is 10.9. The lowest BCUT2D eigenvalue weighted by Crippen LogP contribution is -2.44. The van der Waals surface area contributed by atoms with Gasteiger partial charge in [0.25, 0.3) is 5.69 Å². The Kier molecular flexibility index (Phi) is 8.04. The summed E-state index contributed by atoms with van der Waals surface area (Å²) in [6.45, 7) is 10.6. The second-order valence-electron chi connectivity index (χ2n) is 10.3. The summed E-state index contributed by atoms with van der Waals surface area (Å²) in [5.74, 6) is -1.79. The predicted octanol–water partition coefficient (Wildman–Crippen LogP) is 3.84. The number of allylic oxidation sites excluding steroid dienone is 1. The molecule has 0 bridgehead atoms. The van der Waals surface area contributed by atoms with Gasteiger partial charge in [-0.3, -0.25) is 24.6 Å². The van der Waals surface area contributed by atoms with Crippen LogP contribution in [0.1, 0.15) is 57.3 Å². The Bertz CT molecular complexity index is 1090. The molecule has 1 saturated carbocycles. The minimum atomic E-state index is -1.01. The molecule has 11 nitrogen and oxygen atoms in total. The number of nitro groups is 1. The van der Waals surface area contributed by atoms with Crippen LogP contribution in [0, 0.1) is 21.4 Å². The molecule has 1 aromatic carbocycles. The van der Waals surface area contributed by atoms with Gasteiger partial charge >= 0.3 is 18.0 Å². The van der Waals surface area contributed by atoms with Crippen LogP contribution in [0.2, 0.25) is 0 Å². The number of nitro benzene ring substituents is 1. The minimum Gasteiger partial charge on any atom is -0.466 e. The number of carbonyl (C=O) groups excluding carboxylic acids is 4. The molecule has 4 atom stereocenters. The van der Waals surface area contributed by atoms with Gasteiger partial charge < -0.3 is 14.2 Å². The molecule has 1 heterocycles. The third-order valence-electron chi connectivity index (χ3n) is 6.44. The van der Waals surface area contributed by atoms with E-state index in [-0.39, 0.29) is 48.9 Å². The number of amides is 1. The quantitative estimate of drug-likeness (QED) is 0.157. The van der Waals surface area contributed by atoms with E-state index < -0.39 is 46.1 Å². The van der Waals surface area contributed by atoms with E-state index in [1.54, 1.807) is 33.8 Å². The van der Waals surface area contributed by atoms with Gasteiger partial charge in [0.2, 0.25) is 0 Å². The van der Waals surface area contributed by atoms with Gasteiger partial charge in [-0.05, 0) is 52.2 Å². The summed E-state index contributed by atoms with van der Waals surface area (Å²) in [5.41, 5.74) is -1.92. The highest BCUT2D eigenvalue weighted by Gasteiger charge is 2.61. The van der Waals surface area contributed by atoms with Crippen LogP contribution in [0.5, 0.6) is 0 Å². The number of likely N-dealkylation sites (tertiary alicyclic amines) is 1. The first-order valence-corrected chi connectivity index (χ1v) is 12.1. The Morgan fingerprint density at radius 2 is 1.86 bits per heavy atom.